The van der Waals surface area contributed by atoms with Crippen molar-refractivity contribution in [1.82, 2.24) is 9.78 Å². The fourth-order valence-electron chi connectivity index (χ4n) is 2.68. The van der Waals surface area contributed by atoms with E-state index < -0.39 is 0 Å². The molecule has 2 N–H and O–H groups in total. The summed E-state index contributed by atoms with van der Waals surface area (Å²) in [7, 11) is 1.85. The summed E-state index contributed by atoms with van der Waals surface area (Å²) in [5, 5.41) is 10.6. The van der Waals surface area contributed by atoms with Crippen molar-refractivity contribution in [2.45, 2.75) is 19.3 Å². The molecule has 1 atom stereocenters. The lowest BCUT2D eigenvalue weighted by Crippen LogP contribution is -2.27. The largest absolute Gasteiger partial charge is 0.385 e. The van der Waals surface area contributed by atoms with Crippen LogP contribution in [0.5, 0.6) is 0 Å². The molecule has 0 aliphatic carbocycles. The normalized spacial score (nSPS) is 17.2. The van der Waals surface area contributed by atoms with Crippen LogP contribution in [-0.2, 0) is 11.8 Å². The van der Waals surface area contributed by atoms with Crippen LogP contribution in [0.15, 0.2) is 30.5 Å². The maximum absolute atomic E-state index is 12.5. The number of nitrogens with zero attached hydrogens (tertiary/aromatic N) is 2. The zero-order chi connectivity index (χ0) is 14.1. The third-order valence-electron chi connectivity index (χ3n) is 3.67. The molecule has 0 fully saturated rings. The summed E-state index contributed by atoms with van der Waals surface area (Å²) in [6.45, 7) is 2.72. The molecule has 1 aliphatic rings. The van der Waals surface area contributed by atoms with Gasteiger partial charge in [0.15, 0.2) is 0 Å². The summed E-state index contributed by atoms with van der Waals surface area (Å²) in [4.78, 5) is 12.5. The molecule has 3 rings (SSSR count). The molecule has 0 bridgehead atoms. The lowest BCUT2D eigenvalue weighted by molar-refractivity contribution is -0.117. The molecule has 0 saturated carbocycles. The average molecular weight is 270 g/mol. The van der Waals surface area contributed by atoms with Crippen molar-refractivity contribution in [3.05, 3.63) is 41.7 Å². The number of amides is 1. The Hall–Kier alpha value is -2.30. The first kappa shape index (κ1) is 12.7. The van der Waals surface area contributed by atoms with E-state index in [1.54, 1.807) is 4.68 Å². The van der Waals surface area contributed by atoms with E-state index in [9.17, 15) is 4.79 Å². The predicted molar refractivity (Wildman–Crippen MR) is 78.9 cm³/mol. The zero-order valence-electron chi connectivity index (χ0n) is 11.7. The summed E-state index contributed by atoms with van der Waals surface area (Å²) < 4.78 is 1.71. The van der Waals surface area contributed by atoms with E-state index in [2.05, 4.69) is 15.7 Å². The molecular formula is C15H18N4O. The van der Waals surface area contributed by atoms with Crippen molar-refractivity contribution in [3.63, 3.8) is 0 Å². The fraction of sp³-hybridized carbons (Fsp3) is 0.333. The first-order valence-electron chi connectivity index (χ1n) is 6.79. The number of benzene rings is 1. The Morgan fingerprint density at radius 2 is 2.25 bits per heavy atom. The number of hydrogen-bond acceptors (Lipinski definition) is 3. The van der Waals surface area contributed by atoms with Crippen molar-refractivity contribution < 1.29 is 4.79 Å². The Balaban J connectivity index is 1.83. The van der Waals surface area contributed by atoms with Gasteiger partial charge < -0.3 is 10.6 Å². The van der Waals surface area contributed by atoms with Gasteiger partial charge in [-0.05, 0) is 25.0 Å². The van der Waals surface area contributed by atoms with Crippen LogP contribution in [0.4, 0.5) is 11.4 Å². The lowest BCUT2D eigenvalue weighted by Gasteiger charge is -2.25. The Bertz CT molecular complexity index is 647. The van der Waals surface area contributed by atoms with Crippen molar-refractivity contribution in [3.8, 4) is 0 Å². The summed E-state index contributed by atoms with van der Waals surface area (Å²) >= 11 is 0. The molecule has 2 heterocycles. The number of rotatable bonds is 2. The smallest absolute Gasteiger partial charge is 0.232 e. The second-order valence-electron chi connectivity index (χ2n) is 5.15. The number of aryl methyl sites for hydroxylation is 2. The molecule has 5 nitrogen and oxygen atoms in total. The highest BCUT2D eigenvalue weighted by Gasteiger charge is 2.26. The van der Waals surface area contributed by atoms with Crippen LogP contribution in [0.3, 0.4) is 0 Å². The zero-order valence-corrected chi connectivity index (χ0v) is 11.7. The van der Waals surface area contributed by atoms with Gasteiger partial charge in [-0.15, -0.1) is 0 Å². The molecule has 20 heavy (non-hydrogen) atoms. The third kappa shape index (κ3) is 2.27. The van der Waals surface area contributed by atoms with Gasteiger partial charge in [0.25, 0.3) is 0 Å². The lowest BCUT2D eigenvalue weighted by atomic mass is 9.90. The van der Waals surface area contributed by atoms with Gasteiger partial charge in [-0.25, -0.2) is 0 Å². The number of para-hydroxylation sites is 1. The minimum absolute atomic E-state index is 0.0371. The first-order chi connectivity index (χ1) is 9.65. The number of fused-ring (bicyclic) bond motifs is 1. The number of carbonyl (C=O) groups is 1. The molecule has 2 aromatic rings. The van der Waals surface area contributed by atoms with Crippen LogP contribution in [0.1, 0.15) is 23.6 Å². The minimum Gasteiger partial charge on any atom is -0.385 e. The van der Waals surface area contributed by atoms with E-state index in [1.807, 2.05) is 44.4 Å². The maximum atomic E-state index is 12.5. The van der Waals surface area contributed by atoms with Crippen LogP contribution in [0.2, 0.25) is 0 Å². The number of carbonyl (C=O) groups excluding carboxylic acids is 1. The Labute approximate surface area is 118 Å². The van der Waals surface area contributed by atoms with Crippen LogP contribution in [0, 0.1) is 6.92 Å². The molecule has 104 valence electrons. The SMILES string of the molecule is Cc1nn(C)cc1NC(=O)C1CCNc2ccccc21. The molecular weight excluding hydrogens is 252 g/mol. The van der Waals surface area contributed by atoms with Crippen LogP contribution < -0.4 is 10.6 Å². The second kappa shape index (κ2) is 5.00. The van der Waals surface area contributed by atoms with E-state index in [4.69, 9.17) is 0 Å². The van der Waals surface area contributed by atoms with Crippen LogP contribution >= 0.6 is 0 Å². The van der Waals surface area contributed by atoms with Gasteiger partial charge in [0.05, 0.1) is 17.3 Å². The molecule has 0 radical (unpaired) electrons. The Morgan fingerprint density at radius 3 is 3.00 bits per heavy atom. The topological polar surface area (TPSA) is 59.0 Å². The maximum Gasteiger partial charge on any atom is 0.232 e. The molecule has 1 aromatic carbocycles. The van der Waals surface area contributed by atoms with Gasteiger partial charge >= 0.3 is 0 Å². The minimum atomic E-state index is -0.105. The van der Waals surface area contributed by atoms with Gasteiger partial charge in [0, 0.05) is 25.5 Å². The highest BCUT2D eigenvalue weighted by atomic mass is 16.1. The summed E-state index contributed by atoms with van der Waals surface area (Å²) in [5.74, 6) is -0.0675. The van der Waals surface area contributed by atoms with E-state index in [1.165, 1.54) is 0 Å². The highest BCUT2D eigenvalue weighted by Crippen LogP contribution is 2.32. The number of aromatic nitrogens is 2. The van der Waals surface area contributed by atoms with Crippen LogP contribution in [-0.4, -0.2) is 22.2 Å². The fourth-order valence-corrected chi connectivity index (χ4v) is 2.68. The summed E-state index contributed by atoms with van der Waals surface area (Å²) in [5.41, 5.74) is 3.75. The van der Waals surface area contributed by atoms with Crippen LogP contribution in [0.25, 0.3) is 0 Å². The van der Waals surface area contributed by atoms with E-state index in [0.717, 1.165) is 35.6 Å². The Kier molecular flexibility index (Phi) is 3.18. The van der Waals surface area contributed by atoms with Gasteiger partial charge in [-0.1, -0.05) is 18.2 Å². The van der Waals surface area contributed by atoms with E-state index in [-0.39, 0.29) is 11.8 Å². The van der Waals surface area contributed by atoms with Crippen molar-refractivity contribution in [2.24, 2.45) is 7.05 Å². The number of nitrogens with one attached hydrogen (secondary N) is 2. The van der Waals surface area contributed by atoms with Gasteiger partial charge in [0.1, 0.15) is 0 Å². The molecule has 0 spiro atoms. The summed E-state index contributed by atoms with van der Waals surface area (Å²) in [6, 6.07) is 7.99. The Morgan fingerprint density at radius 1 is 1.45 bits per heavy atom. The molecule has 1 unspecified atom stereocenters. The monoisotopic (exact) mass is 270 g/mol. The average Bonchev–Trinajstić information content (AvgIpc) is 2.76. The number of hydrogen-bond donors (Lipinski definition) is 2. The quantitative estimate of drug-likeness (QED) is 0.880. The molecule has 5 heteroatoms. The van der Waals surface area contributed by atoms with Crippen molar-refractivity contribution in [2.75, 3.05) is 17.2 Å². The van der Waals surface area contributed by atoms with Gasteiger partial charge in [0.2, 0.25) is 5.91 Å². The second-order valence-corrected chi connectivity index (χ2v) is 5.15. The van der Waals surface area contributed by atoms with E-state index in [0.29, 0.717) is 0 Å². The number of anilines is 2. The predicted octanol–water partition coefficient (Wildman–Crippen LogP) is 2.27. The van der Waals surface area contributed by atoms with E-state index >= 15 is 0 Å². The first-order valence-corrected chi connectivity index (χ1v) is 6.79. The van der Waals surface area contributed by atoms with Crippen molar-refractivity contribution in [1.29, 1.82) is 0 Å². The van der Waals surface area contributed by atoms with Gasteiger partial charge in [-0.2, -0.15) is 5.10 Å². The molecule has 1 aromatic heterocycles. The molecule has 1 aliphatic heterocycles. The highest BCUT2D eigenvalue weighted by molar-refractivity contribution is 5.97. The standard InChI is InChI=1S/C15H18N4O/c1-10-14(9-19(2)18-10)17-15(20)12-7-8-16-13-6-4-3-5-11(12)13/h3-6,9,12,16H,7-8H2,1-2H3,(H,17,20). The third-order valence-corrected chi connectivity index (χ3v) is 3.67. The summed E-state index contributed by atoms with van der Waals surface area (Å²) in [6.07, 6.45) is 2.64. The molecule has 1 amide bonds. The van der Waals surface area contributed by atoms with Crippen molar-refractivity contribution >= 4 is 17.3 Å². The van der Waals surface area contributed by atoms with Gasteiger partial charge in [-0.3, -0.25) is 9.48 Å². The molecule has 0 saturated heterocycles.